The second kappa shape index (κ2) is 4.93. The van der Waals surface area contributed by atoms with Crippen LogP contribution in [0.3, 0.4) is 0 Å². The Morgan fingerprint density at radius 1 is 1.58 bits per heavy atom. The number of nitrogens with zero attached hydrogens (tertiary/aromatic N) is 4. The monoisotopic (exact) mass is 261 g/mol. The molecule has 7 heteroatoms. The number of rotatable bonds is 3. The van der Waals surface area contributed by atoms with Gasteiger partial charge in [-0.15, -0.1) is 10.2 Å². The fraction of sp³-hybridized carbons (Fsp3) is 0.500. The second-order valence-electron chi connectivity index (χ2n) is 4.61. The van der Waals surface area contributed by atoms with Crippen molar-refractivity contribution in [1.29, 1.82) is 0 Å². The molecule has 0 aromatic carbocycles. The number of amides is 1. The molecule has 1 N–H and O–H groups in total. The van der Waals surface area contributed by atoms with Crippen LogP contribution in [-0.2, 0) is 4.74 Å². The fourth-order valence-corrected chi connectivity index (χ4v) is 2.12. The molecule has 1 amide bonds. The first-order valence-electron chi connectivity index (χ1n) is 6.32. The second-order valence-corrected chi connectivity index (χ2v) is 4.61. The first-order valence-corrected chi connectivity index (χ1v) is 6.32. The van der Waals surface area contributed by atoms with Gasteiger partial charge in [0.15, 0.2) is 0 Å². The molecule has 1 atom stereocenters. The minimum atomic E-state index is -0.256. The number of carbonyl (C=O) groups excluding carboxylic acids is 1. The predicted molar refractivity (Wildman–Crippen MR) is 66.8 cm³/mol. The molecule has 1 aliphatic heterocycles. The minimum Gasteiger partial charge on any atom is -0.376 e. The highest BCUT2D eigenvalue weighted by atomic mass is 16.5. The maximum atomic E-state index is 12.0. The summed E-state index contributed by atoms with van der Waals surface area (Å²) in [6.45, 7) is 3.15. The third-order valence-electron chi connectivity index (χ3n) is 3.14. The van der Waals surface area contributed by atoms with Crippen LogP contribution < -0.4 is 5.32 Å². The molecule has 19 heavy (non-hydrogen) atoms. The molecule has 1 aliphatic rings. The Hall–Kier alpha value is -2.02. The highest BCUT2D eigenvalue weighted by Gasteiger charge is 2.19. The lowest BCUT2D eigenvalue weighted by Gasteiger charge is -2.09. The van der Waals surface area contributed by atoms with E-state index in [-0.39, 0.29) is 17.8 Å². The average molecular weight is 261 g/mol. The van der Waals surface area contributed by atoms with Crippen molar-refractivity contribution in [3.05, 3.63) is 23.8 Å². The normalized spacial score (nSPS) is 18.9. The van der Waals surface area contributed by atoms with E-state index in [4.69, 9.17) is 4.74 Å². The number of fused-ring (bicyclic) bond motifs is 1. The largest absolute Gasteiger partial charge is 0.376 e. The summed E-state index contributed by atoms with van der Waals surface area (Å²) < 4.78 is 7.04. The smallest absolute Gasteiger partial charge is 0.289 e. The van der Waals surface area contributed by atoms with Gasteiger partial charge in [-0.05, 0) is 25.8 Å². The lowest BCUT2D eigenvalue weighted by atomic mass is 10.2. The molecule has 0 saturated carbocycles. The number of carbonyl (C=O) groups is 1. The zero-order valence-electron chi connectivity index (χ0n) is 10.7. The van der Waals surface area contributed by atoms with Crippen molar-refractivity contribution in [1.82, 2.24) is 24.9 Å². The molecule has 1 saturated heterocycles. The Morgan fingerprint density at radius 2 is 2.47 bits per heavy atom. The molecule has 3 rings (SSSR count). The summed E-state index contributed by atoms with van der Waals surface area (Å²) in [6, 6.07) is 1.81. The molecule has 0 unspecified atom stereocenters. The Kier molecular flexibility index (Phi) is 3.12. The number of hydrogen-bond donors (Lipinski definition) is 1. The lowest BCUT2D eigenvalue weighted by Crippen LogP contribution is -2.32. The zero-order chi connectivity index (χ0) is 13.2. The van der Waals surface area contributed by atoms with Crippen molar-refractivity contribution in [2.75, 3.05) is 13.2 Å². The first kappa shape index (κ1) is 12.0. The van der Waals surface area contributed by atoms with Crippen LogP contribution in [-0.4, -0.2) is 44.7 Å². The van der Waals surface area contributed by atoms with Crippen LogP contribution in [0.5, 0.6) is 0 Å². The number of aromatic nitrogens is 4. The highest BCUT2D eigenvalue weighted by Crippen LogP contribution is 2.10. The Balaban J connectivity index is 1.74. The van der Waals surface area contributed by atoms with Gasteiger partial charge in [0, 0.05) is 25.0 Å². The van der Waals surface area contributed by atoms with Crippen molar-refractivity contribution in [2.24, 2.45) is 0 Å². The Labute approximate surface area is 110 Å². The van der Waals surface area contributed by atoms with E-state index in [9.17, 15) is 4.79 Å². The van der Waals surface area contributed by atoms with Gasteiger partial charge in [-0.3, -0.25) is 9.20 Å². The number of aryl methyl sites for hydroxylation is 1. The number of ether oxygens (including phenoxy) is 1. The van der Waals surface area contributed by atoms with E-state index in [1.807, 2.05) is 13.0 Å². The number of hydrogen-bond acceptors (Lipinski definition) is 5. The third kappa shape index (κ3) is 2.41. The Morgan fingerprint density at radius 3 is 3.26 bits per heavy atom. The SMILES string of the molecule is Cc1ccn2c(C(=O)NC[C@@H]3CCCO3)nnc2n1. The molecule has 7 nitrogen and oxygen atoms in total. The van der Waals surface area contributed by atoms with E-state index >= 15 is 0 Å². The molecule has 0 spiro atoms. The molecular weight excluding hydrogens is 246 g/mol. The van der Waals surface area contributed by atoms with Crippen LogP contribution in [0.2, 0.25) is 0 Å². The van der Waals surface area contributed by atoms with Crippen molar-refractivity contribution in [3.8, 4) is 0 Å². The summed E-state index contributed by atoms with van der Waals surface area (Å²) in [5, 5.41) is 10.6. The van der Waals surface area contributed by atoms with Crippen LogP contribution in [0.1, 0.15) is 29.2 Å². The van der Waals surface area contributed by atoms with Gasteiger partial charge in [-0.25, -0.2) is 4.98 Å². The summed E-state index contributed by atoms with van der Waals surface area (Å²) in [5.41, 5.74) is 0.839. The molecule has 0 bridgehead atoms. The summed E-state index contributed by atoms with van der Waals surface area (Å²) in [6.07, 6.45) is 3.90. The van der Waals surface area contributed by atoms with Gasteiger partial charge in [0.2, 0.25) is 5.82 Å². The Bertz CT molecular complexity index is 603. The van der Waals surface area contributed by atoms with Gasteiger partial charge in [-0.1, -0.05) is 0 Å². The van der Waals surface area contributed by atoms with Gasteiger partial charge in [0.1, 0.15) is 0 Å². The van der Waals surface area contributed by atoms with Crippen LogP contribution in [0.4, 0.5) is 0 Å². The molecule has 2 aromatic rings. The summed E-state index contributed by atoms with van der Waals surface area (Å²) >= 11 is 0. The van der Waals surface area contributed by atoms with E-state index in [1.165, 1.54) is 0 Å². The molecule has 0 aliphatic carbocycles. The summed E-state index contributed by atoms with van der Waals surface area (Å²) in [7, 11) is 0. The van der Waals surface area contributed by atoms with Crippen molar-refractivity contribution in [2.45, 2.75) is 25.9 Å². The maximum Gasteiger partial charge on any atom is 0.289 e. The quantitative estimate of drug-likeness (QED) is 0.861. The van der Waals surface area contributed by atoms with Crippen molar-refractivity contribution >= 4 is 11.7 Å². The van der Waals surface area contributed by atoms with Gasteiger partial charge in [-0.2, -0.15) is 0 Å². The van der Waals surface area contributed by atoms with E-state index in [0.717, 1.165) is 25.1 Å². The van der Waals surface area contributed by atoms with Crippen molar-refractivity contribution < 1.29 is 9.53 Å². The van der Waals surface area contributed by atoms with E-state index < -0.39 is 0 Å². The topological polar surface area (TPSA) is 81.4 Å². The van der Waals surface area contributed by atoms with Gasteiger partial charge < -0.3 is 10.1 Å². The summed E-state index contributed by atoms with van der Waals surface area (Å²) in [4.78, 5) is 16.2. The van der Waals surface area contributed by atoms with Gasteiger partial charge in [0.25, 0.3) is 11.7 Å². The third-order valence-corrected chi connectivity index (χ3v) is 3.14. The van der Waals surface area contributed by atoms with Crippen LogP contribution in [0, 0.1) is 6.92 Å². The van der Waals surface area contributed by atoms with Crippen LogP contribution in [0.15, 0.2) is 12.3 Å². The van der Waals surface area contributed by atoms with E-state index in [2.05, 4.69) is 20.5 Å². The van der Waals surface area contributed by atoms with Gasteiger partial charge >= 0.3 is 0 Å². The van der Waals surface area contributed by atoms with Crippen LogP contribution >= 0.6 is 0 Å². The summed E-state index contributed by atoms with van der Waals surface area (Å²) in [5.74, 6) is 0.427. The molecular formula is C12H15N5O2. The molecule has 0 radical (unpaired) electrons. The van der Waals surface area contributed by atoms with E-state index in [1.54, 1.807) is 10.6 Å². The molecule has 3 heterocycles. The molecule has 1 fully saturated rings. The average Bonchev–Trinajstić information content (AvgIpc) is 3.04. The fourth-order valence-electron chi connectivity index (χ4n) is 2.12. The number of nitrogens with one attached hydrogen (secondary N) is 1. The maximum absolute atomic E-state index is 12.0. The molecule has 2 aromatic heterocycles. The van der Waals surface area contributed by atoms with Crippen LogP contribution in [0.25, 0.3) is 5.78 Å². The van der Waals surface area contributed by atoms with Gasteiger partial charge in [0.05, 0.1) is 6.10 Å². The van der Waals surface area contributed by atoms with Crippen molar-refractivity contribution in [3.63, 3.8) is 0 Å². The molecule has 100 valence electrons. The minimum absolute atomic E-state index is 0.114. The lowest BCUT2D eigenvalue weighted by molar-refractivity contribution is 0.0848. The first-order chi connectivity index (χ1) is 9.24. The zero-order valence-corrected chi connectivity index (χ0v) is 10.7. The predicted octanol–water partition coefficient (Wildman–Crippen LogP) is 0.342. The highest BCUT2D eigenvalue weighted by molar-refractivity contribution is 5.91. The standard InChI is InChI=1S/C12H15N5O2/c1-8-4-5-17-10(15-16-12(17)14-8)11(18)13-7-9-3-2-6-19-9/h4-5,9H,2-3,6-7H2,1H3,(H,13,18)/t9-/m0/s1. The van der Waals surface area contributed by atoms with E-state index in [0.29, 0.717) is 12.3 Å².